The van der Waals surface area contributed by atoms with E-state index in [1.807, 2.05) is 18.2 Å². The van der Waals surface area contributed by atoms with Crippen LogP contribution in [-0.2, 0) is 16.0 Å². The van der Waals surface area contributed by atoms with E-state index in [-0.39, 0.29) is 11.9 Å². The minimum absolute atomic E-state index is 0.188. The fraction of sp³-hybridized carbons (Fsp3) is 0.500. The van der Waals surface area contributed by atoms with E-state index in [4.69, 9.17) is 16.3 Å². The van der Waals surface area contributed by atoms with Crippen LogP contribution in [0.25, 0.3) is 0 Å². The van der Waals surface area contributed by atoms with Crippen molar-refractivity contribution in [3.63, 3.8) is 0 Å². The Morgan fingerprint density at radius 1 is 1.45 bits per heavy atom. The molecule has 0 bridgehead atoms. The van der Waals surface area contributed by atoms with Crippen LogP contribution in [0, 0.1) is 0 Å². The topological polar surface area (TPSA) is 46.6 Å². The van der Waals surface area contributed by atoms with Crippen molar-refractivity contribution in [2.45, 2.75) is 51.7 Å². The van der Waals surface area contributed by atoms with Gasteiger partial charge in [-0.25, -0.2) is 9.69 Å². The molecule has 1 fully saturated rings. The number of hydrogen-bond donors (Lipinski definition) is 0. The van der Waals surface area contributed by atoms with E-state index in [1.165, 1.54) is 4.90 Å². The minimum atomic E-state index is -0.625. The highest BCUT2D eigenvalue weighted by Crippen LogP contribution is 2.28. The Hall–Kier alpha value is -1.07. The number of ether oxygens (including phenoxy) is 1. The number of carbonyl (C=O) groups excluding carboxylic acids is 2. The zero-order valence-corrected chi connectivity index (χ0v) is 15.2. The van der Waals surface area contributed by atoms with Crippen LogP contribution in [0.1, 0.15) is 39.2 Å². The molecule has 0 radical (unpaired) electrons. The predicted octanol–water partition coefficient (Wildman–Crippen LogP) is 4.57. The summed E-state index contributed by atoms with van der Waals surface area (Å²) in [5.74, 6) is -0.188. The average molecular weight is 389 g/mol. The largest absolute Gasteiger partial charge is 0.443 e. The summed E-state index contributed by atoms with van der Waals surface area (Å²) in [4.78, 5) is 25.5. The molecule has 1 saturated heterocycles. The van der Waals surface area contributed by atoms with Crippen LogP contribution in [0.2, 0.25) is 5.02 Å². The Morgan fingerprint density at radius 2 is 2.14 bits per heavy atom. The van der Waals surface area contributed by atoms with Gasteiger partial charge < -0.3 is 4.74 Å². The lowest BCUT2D eigenvalue weighted by atomic mass is 10.0. The Bertz CT molecular complexity index is 598. The molecule has 0 aliphatic carbocycles. The molecule has 2 rings (SSSR count). The number of amides is 2. The van der Waals surface area contributed by atoms with Crippen molar-refractivity contribution in [2.24, 2.45) is 0 Å². The summed E-state index contributed by atoms with van der Waals surface area (Å²) < 4.78 is 6.23. The molecule has 2 amide bonds. The molecule has 1 aromatic carbocycles. The molecule has 6 heteroatoms. The third-order valence-corrected chi connectivity index (χ3v) is 4.23. The molecule has 0 spiro atoms. The zero-order valence-electron chi connectivity index (χ0n) is 12.9. The van der Waals surface area contributed by atoms with Crippen LogP contribution in [-0.4, -0.2) is 28.5 Å². The lowest BCUT2D eigenvalue weighted by molar-refractivity contribution is -0.128. The molecule has 4 nitrogen and oxygen atoms in total. The molecule has 1 atom stereocenters. The number of imide groups is 1. The molecule has 0 unspecified atom stereocenters. The first kappa shape index (κ1) is 17.3. The number of rotatable bonds is 2. The van der Waals surface area contributed by atoms with Crippen molar-refractivity contribution in [1.29, 1.82) is 0 Å². The second-order valence-corrected chi connectivity index (χ2v) is 7.70. The monoisotopic (exact) mass is 387 g/mol. The van der Waals surface area contributed by atoms with Crippen LogP contribution in [0.5, 0.6) is 0 Å². The summed E-state index contributed by atoms with van der Waals surface area (Å²) in [7, 11) is 0. The van der Waals surface area contributed by atoms with E-state index in [9.17, 15) is 9.59 Å². The smallest absolute Gasteiger partial charge is 0.417 e. The van der Waals surface area contributed by atoms with E-state index in [0.29, 0.717) is 24.3 Å². The molecule has 1 aromatic rings. The van der Waals surface area contributed by atoms with Gasteiger partial charge in [-0.1, -0.05) is 33.6 Å². The van der Waals surface area contributed by atoms with Crippen molar-refractivity contribution in [1.82, 2.24) is 4.90 Å². The maximum Gasteiger partial charge on any atom is 0.417 e. The Labute approximate surface area is 143 Å². The van der Waals surface area contributed by atoms with Crippen molar-refractivity contribution >= 4 is 39.5 Å². The first-order valence-electron chi connectivity index (χ1n) is 7.16. The van der Waals surface area contributed by atoms with Gasteiger partial charge in [-0.3, -0.25) is 4.79 Å². The van der Waals surface area contributed by atoms with Gasteiger partial charge in [-0.15, -0.1) is 0 Å². The maximum atomic E-state index is 12.3. The van der Waals surface area contributed by atoms with Gasteiger partial charge in [0.2, 0.25) is 5.91 Å². The first-order chi connectivity index (χ1) is 10.2. The molecule has 22 heavy (non-hydrogen) atoms. The lowest BCUT2D eigenvalue weighted by Crippen LogP contribution is -2.43. The van der Waals surface area contributed by atoms with Crippen LogP contribution in [0.15, 0.2) is 22.7 Å². The molecule has 1 aliphatic heterocycles. The Kier molecular flexibility index (Phi) is 5.17. The van der Waals surface area contributed by atoms with Gasteiger partial charge in [-0.2, -0.15) is 0 Å². The normalized spacial score (nSPS) is 18.7. The lowest BCUT2D eigenvalue weighted by Gasteiger charge is -2.27. The van der Waals surface area contributed by atoms with Crippen molar-refractivity contribution < 1.29 is 14.3 Å². The Balaban J connectivity index is 2.15. The molecule has 0 aromatic heterocycles. The Morgan fingerprint density at radius 3 is 2.73 bits per heavy atom. The highest BCUT2D eigenvalue weighted by Gasteiger charge is 2.38. The van der Waals surface area contributed by atoms with Crippen LogP contribution in [0.4, 0.5) is 4.79 Å². The molecular weight excluding hydrogens is 370 g/mol. The maximum absolute atomic E-state index is 12.3. The second kappa shape index (κ2) is 6.59. The number of nitrogens with zero attached hydrogens (tertiary/aromatic N) is 1. The van der Waals surface area contributed by atoms with E-state index in [1.54, 1.807) is 20.8 Å². The van der Waals surface area contributed by atoms with Crippen LogP contribution < -0.4 is 0 Å². The average Bonchev–Trinajstić information content (AvgIpc) is 2.72. The fourth-order valence-corrected chi connectivity index (χ4v) is 3.19. The van der Waals surface area contributed by atoms with Gasteiger partial charge >= 0.3 is 6.09 Å². The van der Waals surface area contributed by atoms with Crippen molar-refractivity contribution in [3.8, 4) is 0 Å². The van der Waals surface area contributed by atoms with Gasteiger partial charge in [0.25, 0.3) is 0 Å². The quantitative estimate of drug-likeness (QED) is 0.745. The van der Waals surface area contributed by atoms with Gasteiger partial charge in [0, 0.05) is 22.0 Å². The molecule has 1 heterocycles. The van der Waals surface area contributed by atoms with Crippen molar-refractivity contribution in [2.75, 3.05) is 0 Å². The first-order valence-corrected chi connectivity index (χ1v) is 8.33. The number of hydrogen-bond acceptors (Lipinski definition) is 3. The molecule has 0 saturated carbocycles. The summed E-state index contributed by atoms with van der Waals surface area (Å²) in [5.41, 5.74) is 0.290. The minimum Gasteiger partial charge on any atom is -0.443 e. The third-order valence-electron chi connectivity index (χ3n) is 3.39. The van der Waals surface area contributed by atoms with E-state index in [2.05, 4.69) is 15.9 Å². The van der Waals surface area contributed by atoms with Gasteiger partial charge in [0.15, 0.2) is 0 Å². The van der Waals surface area contributed by atoms with E-state index >= 15 is 0 Å². The number of likely N-dealkylation sites (tertiary alicyclic amines) is 1. The predicted molar refractivity (Wildman–Crippen MR) is 89.0 cm³/mol. The molecule has 120 valence electrons. The zero-order chi connectivity index (χ0) is 16.5. The molecular formula is C16H19BrClNO3. The van der Waals surface area contributed by atoms with Crippen LogP contribution >= 0.6 is 27.5 Å². The summed E-state index contributed by atoms with van der Waals surface area (Å²) in [6.07, 6.45) is 0.952. The SMILES string of the molecule is CC(C)(C)OC(=O)N1C(=O)CC[C@H]1Cc1ccc(Br)cc1Cl. The summed E-state index contributed by atoms with van der Waals surface area (Å²) in [6, 6.07) is 5.41. The van der Waals surface area contributed by atoms with Crippen molar-refractivity contribution in [3.05, 3.63) is 33.3 Å². The van der Waals surface area contributed by atoms with Crippen LogP contribution in [0.3, 0.4) is 0 Å². The number of benzene rings is 1. The second-order valence-electron chi connectivity index (χ2n) is 6.38. The van der Waals surface area contributed by atoms with Gasteiger partial charge in [0.05, 0.1) is 0 Å². The molecule has 1 aliphatic rings. The van der Waals surface area contributed by atoms with E-state index < -0.39 is 11.7 Å². The fourth-order valence-electron chi connectivity index (χ4n) is 2.44. The number of halogens is 2. The standard InChI is InChI=1S/C16H19BrClNO3/c1-16(2,3)22-15(21)19-12(6-7-14(19)20)8-10-4-5-11(17)9-13(10)18/h4-5,9,12H,6-8H2,1-3H3/t12-/m0/s1. The van der Waals surface area contributed by atoms with Gasteiger partial charge in [0.1, 0.15) is 5.60 Å². The van der Waals surface area contributed by atoms with E-state index in [0.717, 1.165) is 10.0 Å². The third kappa shape index (κ3) is 4.23. The summed E-state index contributed by atoms with van der Waals surface area (Å²) in [5, 5.41) is 0.623. The van der Waals surface area contributed by atoms with Gasteiger partial charge in [-0.05, 0) is 51.3 Å². The summed E-state index contributed by atoms with van der Waals surface area (Å²) in [6.45, 7) is 5.35. The number of carbonyl (C=O) groups is 2. The highest BCUT2D eigenvalue weighted by molar-refractivity contribution is 9.10. The highest BCUT2D eigenvalue weighted by atomic mass is 79.9. The summed E-state index contributed by atoms with van der Waals surface area (Å²) >= 11 is 9.59. The molecule has 0 N–H and O–H groups in total.